The average Bonchev–Trinajstić information content (AvgIpc) is 2.41. The first-order valence-electron chi connectivity index (χ1n) is 5.51. The number of nitrogen functional groups attached to an aromatic ring is 1. The fourth-order valence-electron chi connectivity index (χ4n) is 1.61. The van der Waals surface area contributed by atoms with Gasteiger partial charge in [0.2, 0.25) is 0 Å². The molecule has 0 heterocycles. The smallest absolute Gasteiger partial charge is 0.264 e. The van der Waals surface area contributed by atoms with E-state index in [9.17, 15) is 12.8 Å². The number of nitrogens with two attached hydrogens (primary N) is 1. The number of anilines is 2. The van der Waals surface area contributed by atoms with Gasteiger partial charge in [0.05, 0.1) is 16.9 Å². The van der Waals surface area contributed by atoms with Crippen LogP contribution in [0, 0.1) is 17.1 Å². The summed E-state index contributed by atoms with van der Waals surface area (Å²) in [5, 5.41) is 8.92. The summed E-state index contributed by atoms with van der Waals surface area (Å²) >= 11 is 0. The van der Waals surface area contributed by atoms with Gasteiger partial charge in [0.25, 0.3) is 10.0 Å². The third-order valence-electron chi connectivity index (χ3n) is 2.56. The quantitative estimate of drug-likeness (QED) is 0.846. The third-order valence-corrected chi connectivity index (χ3v) is 3.98. The zero-order chi connectivity index (χ0) is 14.8. The van der Waals surface area contributed by atoms with E-state index in [2.05, 4.69) is 4.72 Å². The van der Waals surface area contributed by atoms with E-state index in [4.69, 9.17) is 11.0 Å². The van der Waals surface area contributed by atoms with Crippen LogP contribution in [0.15, 0.2) is 47.4 Å². The fourth-order valence-corrected chi connectivity index (χ4v) is 2.83. The predicted octanol–water partition coefficient (Wildman–Crippen LogP) is 2.08. The van der Waals surface area contributed by atoms with E-state index < -0.39 is 15.8 Å². The van der Waals surface area contributed by atoms with E-state index in [1.165, 1.54) is 18.2 Å². The van der Waals surface area contributed by atoms with Crippen molar-refractivity contribution in [3.05, 3.63) is 53.8 Å². The van der Waals surface area contributed by atoms with Crippen LogP contribution in [-0.4, -0.2) is 8.42 Å². The Morgan fingerprint density at radius 1 is 1.20 bits per heavy atom. The van der Waals surface area contributed by atoms with Gasteiger partial charge in [-0.05, 0) is 30.3 Å². The highest BCUT2D eigenvalue weighted by atomic mass is 32.2. The van der Waals surface area contributed by atoms with E-state index in [0.717, 1.165) is 12.1 Å². The van der Waals surface area contributed by atoms with Crippen molar-refractivity contribution in [1.82, 2.24) is 0 Å². The molecule has 0 amide bonds. The molecule has 0 aliphatic rings. The van der Waals surface area contributed by atoms with Crippen LogP contribution < -0.4 is 10.5 Å². The van der Waals surface area contributed by atoms with Crippen molar-refractivity contribution in [2.75, 3.05) is 10.5 Å². The molecule has 0 aromatic heterocycles. The maximum absolute atomic E-state index is 13.2. The Bertz CT molecular complexity index is 798. The summed E-state index contributed by atoms with van der Waals surface area (Å²) in [7, 11) is -4.07. The SMILES string of the molecule is N#Cc1ccccc1NS(=O)(=O)c1cc(F)ccc1N. The van der Waals surface area contributed by atoms with Crippen LogP contribution in [-0.2, 0) is 10.0 Å². The molecule has 2 aromatic carbocycles. The number of para-hydroxylation sites is 1. The van der Waals surface area contributed by atoms with Crippen molar-refractivity contribution in [2.45, 2.75) is 4.90 Å². The van der Waals surface area contributed by atoms with E-state index in [0.29, 0.717) is 0 Å². The first-order valence-corrected chi connectivity index (χ1v) is 6.99. The van der Waals surface area contributed by atoms with Gasteiger partial charge in [0.1, 0.15) is 16.8 Å². The van der Waals surface area contributed by atoms with E-state index >= 15 is 0 Å². The Hall–Kier alpha value is -2.59. The Labute approximate surface area is 115 Å². The predicted molar refractivity (Wildman–Crippen MR) is 72.8 cm³/mol. The summed E-state index contributed by atoms with van der Waals surface area (Å²) in [6.45, 7) is 0. The molecule has 0 saturated carbocycles. The Balaban J connectivity index is 2.47. The maximum atomic E-state index is 13.2. The molecule has 3 N–H and O–H groups in total. The molecule has 5 nitrogen and oxygen atoms in total. The van der Waals surface area contributed by atoms with Crippen molar-refractivity contribution in [3.63, 3.8) is 0 Å². The van der Waals surface area contributed by atoms with Crippen LogP contribution in [0.3, 0.4) is 0 Å². The van der Waals surface area contributed by atoms with Gasteiger partial charge in [-0.25, -0.2) is 12.8 Å². The maximum Gasteiger partial charge on any atom is 0.264 e. The van der Waals surface area contributed by atoms with Crippen LogP contribution in [0.5, 0.6) is 0 Å². The van der Waals surface area contributed by atoms with Gasteiger partial charge in [-0.1, -0.05) is 12.1 Å². The number of halogens is 1. The van der Waals surface area contributed by atoms with Gasteiger partial charge in [-0.3, -0.25) is 4.72 Å². The summed E-state index contributed by atoms with van der Waals surface area (Å²) in [4.78, 5) is -0.370. The molecule has 0 saturated heterocycles. The topological polar surface area (TPSA) is 96.0 Å². The van der Waals surface area contributed by atoms with E-state index in [-0.39, 0.29) is 21.8 Å². The number of hydrogen-bond acceptors (Lipinski definition) is 4. The highest BCUT2D eigenvalue weighted by molar-refractivity contribution is 7.92. The van der Waals surface area contributed by atoms with Crippen LogP contribution in [0.4, 0.5) is 15.8 Å². The van der Waals surface area contributed by atoms with Gasteiger partial charge in [-0.15, -0.1) is 0 Å². The molecule has 20 heavy (non-hydrogen) atoms. The highest BCUT2D eigenvalue weighted by Crippen LogP contribution is 2.24. The van der Waals surface area contributed by atoms with Crippen molar-refractivity contribution >= 4 is 21.4 Å². The number of nitriles is 1. The molecule has 0 aliphatic carbocycles. The largest absolute Gasteiger partial charge is 0.398 e. The summed E-state index contributed by atoms with van der Waals surface area (Å²) in [5.41, 5.74) is 5.74. The van der Waals surface area contributed by atoms with Crippen molar-refractivity contribution < 1.29 is 12.8 Å². The monoisotopic (exact) mass is 291 g/mol. The van der Waals surface area contributed by atoms with Gasteiger partial charge < -0.3 is 5.73 Å². The van der Waals surface area contributed by atoms with E-state index in [1.54, 1.807) is 12.1 Å². The number of nitrogens with zero attached hydrogens (tertiary/aromatic N) is 1. The zero-order valence-electron chi connectivity index (χ0n) is 10.2. The molecule has 102 valence electrons. The lowest BCUT2D eigenvalue weighted by atomic mass is 10.2. The first kappa shape index (κ1) is 13.8. The molecule has 0 atom stereocenters. The Kier molecular flexibility index (Phi) is 3.59. The molecule has 0 radical (unpaired) electrons. The summed E-state index contributed by atoms with van der Waals surface area (Å²) in [6.07, 6.45) is 0. The van der Waals surface area contributed by atoms with Gasteiger partial charge >= 0.3 is 0 Å². The lowest BCUT2D eigenvalue weighted by molar-refractivity contribution is 0.596. The van der Waals surface area contributed by atoms with Gasteiger partial charge in [0.15, 0.2) is 0 Å². The number of rotatable bonds is 3. The number of nitrogens with one attached hydrogen (secondary N) is 1. The molecule has 0 fully saturated rings. The van der Waals surface area contributed by atoms with Crippen LogP contribution in [0.1, 0.15) is 5.56 Å². The minimum Gasteiger partial charge on any atom is -0.398 e. The second-order valence-electron chi connectivity index (χ2n) is 3.95. The van der Waals surface area contributed by atoms with E-state index in [1.807, 2.05) is 6.07 Å². The van der Waals surface area contributed by atoms with Crippen LogP contribution in [0.25, 0.3) is 0 Å². The summed E-state index contributed by atoms with van der Waals surface area (Å²) in [5.74, 6) is -0.715. The molecule has 0 unspecified atom stereocenters. The average molecular weight is 291 g/mol. The number of benzene rings is 2. The second-order valence-corrected chi connectivity index (χ2v) is 5.60. The van der Waals surface area contributed by atoms with Crippen LogP contribution >= 0.6 is 0 Å². The lowest BCUT2D eigenvalue weighted by Gasteiger charge is -2.11. The Morgan fingerprint density at radius 2 is 1.90 bits per heavy atom. The number of sulfonamides is 1. The Morgan fingerprint density at radius 3 is 2.60 bits per heavy atom. The third kappa shape index (κ3) is 2.70. The minimum absolute atomic E-state index is 0.0756. The second kappa shape index (κ2) is 5.19. The standard InChI is InChI=1S/C13H10FN3O2S/c14-10-5-6-11(16)13(7-10)20(18,19)17-12-4-2-1-3-9(12)8-15/h1-7,17H,16H2. The fraction of sp³-hybridized carbons (Fsp3) is 0. The van der Waals surface area contributed by atoms with Gasteiger partial charge in [0, 0.05) is 0 Å². The van der Waals surface area contributed by atoms with Crippen LogP contribution in [0.2, 0.25) is 0 Å². The van der Waals surface area contributed by atoms with Crippen molar-refractivity contribution in [1.29, 1.82) is 5.26 Å². The summed E-state index contributed by atoms with van der Waals surface area (Å²) in [6, 6.07) is 11.0. The highest BCUT2D eigenvalue weighted by Gasteiger charge is 2.19. The molecule has 0 spiro atoms. The molecular weight excluding hydrogens is 281 g/mol. The zero-order valence-corrected chi connectivity index (χ0v) is 11.0. The number of hydrogen-bond donors (Lipinski definition) is 2. The molecular formula is C13H10FN3O2S. The molecule has 7 heteroatoms. The first-order chi connectivity index (χ1) is 9.44. The molecule has 0 bridgehead atoms. The molecule has 2 rings (SSSR count). The lowest BCUT2D eigenvalue weighted by Crippen LogP contribution is -2.15. The van der Waals surface area contributed by atoms with Crippen molar-refractivity contribution in [3.8, 4) is 6.07 Å². The normalized spacial score (nSPS) is 10.8. The van der Waals surface area contributed by atoms with Gasteiger partial charge in [-0.2, -0.15) is 5.26 Å². The summed E-state index contributed by atoms with van der Waals surface area (Å²) < 4.78 is 39.7. The molecule has 0 aliphatic heterocycles. The van der Waals surface area contributed by atoms with Crippen molar-refractivity contribution in [2.24, 2.45) is 0 Å². The molecule has 2 aromatic rings. The minimum atomic E-state index is -4.07.